The van der Waals surface area contributed by atoms with Gasteiger partial charge in [0, 0.05) is 49.1 Å². The molecule has 1 fully saturated rings. The maximum atomic E-state index is 12.6. The number of amides is 1. The summed E-state index contributed by atoms with van der Waals surface area (Å²) < 4.78 is 0. The number of carbonyl (C=O) groups excluding carboxylic acids is 1. The van der Waals surface area contributed by atoms with Crippen molar-refractivity contribution in [3.8, 4) is 0 Å². The van der Waals surface area contributed by atoms with Crippen LogP contribution in [-0.4, -0.2) is 42.2 Å². The SMILES string of the molecule is O=C(c1ccc(N2CCCc3ccccc32)cc1)N1CCC(CO)C1. The Balaban J connectivity index is 1.52. The van der Waals surface area contributed by atoms with E-state index in [1.54, 1.807) is 0 Å². The first kappa shape index (κ1) is 16.2. The Morgan fingerprint density at radius 1 is 1.08 bits per heavy atom. The molecule has 1 unspecified atom stereocenters. The van der Waals surface area contributed by atoms with Crippen molar-refractivity contribution in [1.29, 1.82) is 0 Å². The van der Waals surface area contributed by atoms with Gasteiger partial charge < -0.3 is 14.9 Å². The summed E-state index contributed by atoms with van der Waals surface area (Å²) in [5.74, 6) is 0.301. The number of benzene rings is 2. The van der Waals surface area contributed by atoms with E-state index in [1.165, 1.54) is 11.3 Å². The normalized spacial score (nSPS) is 19.8. The Bertz CT molecular complexity index is 757. The number of likely N-dealkylation sites (tertiary alicyclic amines) is 1. The molecule has 0 aliphatic carbocycles. The zero-order valence-corrected chi connectivity index (χ0v) is 14.4. The molecule has 0 radical (unpaired) electrons. The highest BCUT2D eigenvalue weighted by molar-refractivity contribution is 5.94. The van der Waals surface area contributed by atoms with Gasteiger partial charge in [-0.3, -0.25) is 4.79 Å². The third kappa shape index (κ3) is 3.14. The molecule has 0 saturated carbocycles. The molecule has 4 heteroatoms. The fourth-order valence-corrected chi connectivity index (χ4v) is 3.93. The third-order valence-electron chi connectivity index (χ3n) is 5.37. The monoisotopic (exact) mass is 336 g/mol. The fourth-order valence-electron chi connectivity index (χ4n) is 3.93. The quantitative estimate of drug-likeness (QED) is 0.936. The summed E-state index contributed by atoms with van der Waals surface area (Å²) >= 11 is 0. The maximum absolute atomic E-state index is 12.6. The smallest absolute Gasteiger partial charge is 0.253 e. The van der Waals surface area contributed by atoms with Gasteiger partial charge in [0.25, 0.3) is 5.91 Å². The van der Waals surface area contributed by atoms with Gasteiger partial charge in [-0.1, -0.05) is 18.2 Å². The van der Waals surface area contributed by atoms with Crippen LogP contribution in [0.2, 0.25) is 0 Å². The number of nitrogens with zero attached hydrogens (tertiary/aromatic N) is 2. The topological polar surface area (TPSA) is 43.8 Å². The van der Waals surface area contributed by atoms with Gasteiger partial charge in [0.15, 0.2) is 0 Å². The molecular formula is C21H24N2O2. The van der Waals surface area contributed by atoms with Crippen LogP contribution in [0.3, 0.4) is 0 Å². The van der Waals surface area contributed by atoms with Gasteiger partial charge in [0.2, 0.25) is 0 Å². The minimum absolute atomic E-state index is 0.0709. The number of para-hydroxylation sites is 1. The minimum Gasteiger partial charge on any atom is -0.396 e. The minimum atomic E-state index is 0.0709. The molecule has 2 heterocycles. The van der Waals surface area contributed by atoms with Crippen LogP contribution in [0, 0.1) is 5.92 Å². The van der Waals surface area contributed by atoms with Gasteiger partial charge in [-0.05, 0) is 55.2 Å². The first-order valence-electron chi connectivity index (χ1n) is 9.12. The zero-order chi connectivity index (χ0) is 17.2. The highest BCUT2D eigenvalue weighted by atomic mass is 16.3. The molecule has 2 aromatic carbocycles. The Morgan fingerprint density at radius 2 is 1.88 bits per heavy atom. The second-order valence-electron chi connectivity index (χ2n) is 7.02. The number of rotatable bonds is 3. The average molecular weight is 336 g/mol. The first-order valence-corrected chi connectivity index (χ1v) is 9.12. The van der Waals surface area contributed by atoms with Gasteiger partial charge in [0.05, 0.1) is 0 Å². The molecule has 1 N–H and O–H groups in total. The molecule has 0 bridgehead atoms. The van der Waals surface area contributed by atoms with Crippen molar-refractivity contribution in [2.24, 2.45) is 5.92 Å². The largest absolute Gasteiger partial charge is 0.396 e. The summed E-state index contributed by atoms with van der Waals surface area (Å²) in [4.78, 5) is 16.8. The lowest BCUT2D eigenvalue weighted by Gasteiger charge is -2.31. The van der Waals surface area contributed by atoms with Crippen LogP contribution in [-0.2, 0) is 6.42 Å². The van der Waals surface area contributed by atoms with Crippen LogP contribution in [0.5, 0.6) is 0 Å². The van der Waals surface area contributed by atoms with Crippen molar-refractivity contribution in [1.82, 2.24) is 4.90 Å². The number of aliphatic hydroxyl groups is 1. The zero-order valence-electron chi connectivity index (χ0n) is 14.4. The van der Waals surface area contributed by atoms with Gasteiger partial charge in [-0.15, -0.1) is 0 Å². The van der Waals surface area contributed by atoms with Crippen LogP contribution in [0.4, 0.5) is 11.4 Å². The first-order chi connectivity index (χ1) is 12.3. The number of aryl methyl sites for hydroxylation is 1. The molecule has 25 heavy (non-hydrogen) atoms. The average Bonchev–Trinajstić information content (AvgIpc) is 3.16. The van der Waals surface area contributed by atoms with Crippen LogP contribution in [0.25, 0.3) is 0 Å². The summed E-state index contributed by atoms with van der Waals surface area (Å²) in [7, 11) is 0. The lowest BCUT2D eigenvalue weighted by molar-refractivity contribution is 0.0782. The third-order valence-corrected chi connectivity index (χ3v) is 5.37. The maximum Gasteiger partial charge on any atom is 0.253 e. The van der Waals surface area contributed by atoms with Crippen molar-refractivity contribution in [3.63, 3.8) is 0 Å². The van der Waals surface area contributed by atoms with E-state index in [4.69, 9.17) is 0 Å². The fraction of sp³-hybridized carbons (Fsp3) is 0.381. The number of hydrogen-bond acceptors (Lipinski definition) is 3. The summed E-state index contributed by atoms with van der Waals surface area (Å²) in [5.41, 5.74) is 4.53. The molecule has 0 aromatic heterocycles. The number of anilines is 2. The van der Waals surface area contributed by atoms with E-state index in [9.17, 15) is 9.90 Å². The molecule has 1 saturated heterocycles. The molecule has 2 aromatic rings. The Kier molecular flexibility index (Phi) is 4.45. The molecule has 2 aliphatic rings. The predicted octanol–water partition coefficient (Wildman–Crippen LogP) is 3.23. The van der Waals surface area contributed by atoms with E-state index in [0.717, 1.165) is 43.6 Å². The number of carbonyl (C=O) groups is 1. The van der Waals surface area contributed by atoms with Crippen molar-refractivity contribution in [2.45, 2.75) is 19.3 Å². The summed E-state index contributed by atoms with van der Waals surface area (Å²) in [6.07, 6.45) is 3.17. The van der Waals surface area contributed by atoms with E-state index in [1.807, 2.05) is 17.0 Å². The Hall–Kier alpha value is -2.33. The van der Waals surface area contributed by atoms with E-state index in [-0.39, 0.29) is 18.4 Å². The number of fused-ring (bicyclic) bond motifs is 1. The number of hydrogen-bond donors (Lipinski definition) is 1. The highest BCUT2D eigenvalue weighted by Gasteiger charge is 2.26. The second kappa shape index (κ2) is 6.89. The predicted molar refractivity (Wildman–Crippen MR) is 99.3 cm³/mol. The van der Waals surface area contributed by atoms with Crippen molar-refractivity contribution < 1.29 is 9.90 Å². The Labute approximate surface area is 148 Å². The van der Waals surface area contributed by atoms with Crippen LogP contribution < -0.4 is 4.90 Å². The van der Waals surface area contributed by atoms with Crippen LogP contribution in [0.15, 0.2) is 48.5 Å². The molecular weight excluding hydrogens is 312 g/mol. The second-order valence-corrected chi connectivity index (χ2v) is 7.02. The van der Waals surface area contributed by atoms with Crippen molar-refractivity contribution in [2.75, 3.05) is 31.1 Å². The Morgan fingerprint density at radius 3 is 2.64 bits per heavy atom. The van der Waals surface area contributed by atoms with E-state index in [2.05, 4.69) is 41.3 Å². The molecule has 1 atom stereocenters. The van der Waals surface area contributed by atoms with Gasteiger partial charge >= 0.3 is 0 Å². The molecule has 4 rings (SSSR count). The van der Waals surface area contributed by atoms with E-state index >= 15 is 0 Å². The number of aliphatic hydroxyl groups excluding tert-OH is 1. The summed E-state index contributed by atoms with van der Waals surface area (Å²) in [5, 5.41) is 9.25. The van der Waals surface area contributed by atoms with Gasteiger partial charge in [0.1, 0.15) is 0 Å². The van der Waals surface area contributed by atoms with E-state index < -0.39 is 0 Å². The summed E-state index contributed by atoms with van der Waals surface area (Å²) in [6, 6.07) is 16.5. The van der Waals surface area contributed by atoms with E-state index in [0.29, 0.717) is 6.54 Å². The molecule has 2 aliphatic heterocycles. The standard InChI is InChI=1S/C21H24N2O2/c24-15-16-11-13-22(14-16)21(25)18-7-9-19(10-8-18)23-12-3-5-17-4-1-2-6-20(17)23/h1-2,4,6-10,16,24H,3,5,11-15H2. The highest BCUT2D eigenvalue weighted by Crippen LogP contribution is 2.33. The van der Waals surface area contributed by atoms with Gasteiger partial charge in [-0.25, -0.2) is 0 Å². The molecule has 0 spiro atoms. The van der Waals surface area contributed by atoms with Crippen LogP contribution >= 0.6 is 0 Å². The molecule has 1 amide bonds. The van der Waals surface area contributed by atoms with Gasteiger partial charge in [-0.2, -0.15) is 0 Å². The lowest BCUT2D eigenvalue weighted by Crippen LogP contribution is -2.29. The van der Waals surface area contributed by atoms with Crippen LogP contribution in [0.1, 0.15) is 28.8 Å². The van der Waals surface area contributed by atoms with Crippen molar-refractivity contribution >= 4 is 17.3 Å². The summed E-state index contributed by atoms with van der Waals surface area (Å²) in [6.45, 7) is 2.58. The van der Waals surface area contributed by atoms with Crippen molar-refractivity contribution in [3.05, 3.63) is 59.7 Å². The molecule has 4 nitrogen and oxygen atoms in total. The molecule has 130 valence electrons. The lowest BCUT2D eigenvalue weighted by atomic mass is 10.0.